The molecule has 0 aromatic carbocycles. The molecule has 0 radical (unpaired) electrons. The van der Waals surface area contributed by atoms with Gasteiger partial charge in [-0.2, -0.15) is 0 Å². The Balaban J connectivity index is 0.000000216. The summed E-state index contributed by atoms with van der Waals surface area (Å²) in [4.78, 5) is 159. The Hall–Kier alpha value is -5.48. The van der Waals surface area contributed by atoms with Gasteiger partial charge in [-0.25, -0.2) is 24.3 Å². The summed E-state index contributed by atoms with van der Waals surface area (Å²) in [7, 11) is -2.64. The molecule has 0 aromatic rings. The second kappa shape index (κ2) is 47.4. The van der Waals surface area contributed by atoms with E-state index in [-0.39, 0.29) is 91.3 Å². The van der Waals surface area contributed by atoms with Crippen LogP contribution in [0.2, 0.25) is 0 Å². The van der Waals surface area contributed by atoms with Crippen LogP contribution in [0.15, 0.2) is 0 Å². The van der Waals surface area contributed by atoms with Crippen molar-refractivity contribution in [1.82, 2.24) is 39.2 Å². The molecule has 12 heterocycles. The molecule has 1 N–H and O–H groups in total. The third kappa shape index (κ3) is 28.5. The van der Waals surface area contributed by atoms with Gasteiger partial charge in [-0.3, -0.25) is 65.6 Å². The molecule has 44 heteroatoms. The Bertz CT molecular complexity index is 3450. The van der Waals surface area contributed by atoms with E-state index in [2.05, 4.69) is 32.9 Å². The number of rotatable bonds is 30. The molecule has 0 spiro atoms. The van der Waals surface area contributed by atoms with Gasteiger partial charge in [0.25, 0.3) is 0 Å². The number of fused-ring (bicyclic) bond motifs is 8. The molecule has 0 aromatic heterocycles. The Morgan fingerprint density at radius 3 is 0.915 bits per heavy atom. The molecule has 12 fully saturated rings. The second-order valence-electron chi connectivity index (χ2n) is 31.8. The average Bonchev–Trinajstić information content (AvgIpc) is 1.63. The molecule has 118 heavy (non-hydrogen) atoms. The number of ether oxygens (including phenoxy) is 10. The standard InChI is InChI=1S/C22H39N2O11P.C18H28N2O7.C17H29N2O7P.C15H25N2O6P.2CO/c1-15(2)34-29-12-31-36(27,32-13-30-35-16(3)4)14-28-22(26)20-18-7-6-17(33-18)19(20)21(25)24-10-8-23(5)9-11-24;1-11(2)26-18(23)25-10-24-17(22)15-13-5-4-12(27-13)14(15)16(21)20-8-6-19(3)7-9-20;1-4-24-27(3,22)25-11-23-17(21)15-13-6-5-12(26-13)14(15)16(20)19-9-7-18(2)8-10-19;1-16-5-7-17(8-6-16)14(18)12-10-3-4-11(23-10)13(12)15(19)22-9-24(2,20)21;2*1-2/h15-20H,6-14H2,1-5H3;11-15H,4-10H2,1-3H3;12-15H,4-11H2,1-3H3;10-13H,3-9H2,1-2H3,(H,20,21);;. The third-order valence-corrected chi connectivity index (χ3v) is 25.4. The summed E-state index contributed by atoms with van der Waals surface area (Å²) in [5.74, 6) is -7.55. The van der Waals surface area contributed by atoms with Crippen LogP contribution in [-0.4, -0.2) is 358 Å². The van der Waals surface area contributed by atoms with Gasteiger partial charge in [0, 0.05) is 118 Å². The number of carbonyl (C=O) groups excluding carboxylic acids is 9. The minimum atomic E-state index is -4.02. The van der Waals surface area contributed by atoms with Crippen LogP contribution in [0.25, 0.3) is 0 Å². The summed E-state index contributed by atoms with van der Waals surface area (Å²) in [5, 5.41) is 0. The fraction of sp³-hybridized carbons (Fsp3) is 0.851. The predicted octanol–water partition coefficient (Wildman–Crippen LogP) is 3.34. The number of amides is 4. The zero-order valence-electron chi connectivity index (χ0n) is 69.8. The van der Waals surface area contributed by atoms with Gasteiger partial charge in [-0.05, 0) is 128 Å². The molecule has 12 aliphatic rings. The normalized spacial score (nSPS) is 30.0. The molecule has 0 saturated carbocycles. The second-order valence-corrected chi connectivity index (χ2v) is 38.2. The van der Waals surface area contributed by atoms with E-state index in [1.54, 1.807) is 58.3 Å². The van der Waals surface area contributed by atoms with Crippen LogP contribution in [0.5, 0.6) is 0 Å². The molecule has 41 nitrogen and oxygen atoms in total. The number of nitrogens with zero attached hydrogens (tertiary/aromatic N) is 8. The number of likely N-dealkylation sites (N-methyl/N-ethyl adjacent to an activating group) is 4. The number of esters is 4. The number of piperazine rings is 4. The Morgan fingerprint density at radius 1 is 0.373 bits per heavy atom. The van der Waals surface area contributed by atoms with Crippen LogP contribution < -0.4 is 0 Å². The molecule has 12 saturated heterocycles. The quantitative estimate of drug-likeness (QED) is 0.0124. The van der Waals surface area contributed by atoms with Gasteiger partial charge in [0.05, 0.1) is 121 Å². The van der Waals surface area contributed by atoms with Gasteiger partial charge < -0.3 is 96.0 Å². The number of carbonyl (C=O) groups is 9. The Morgan fingerprint density at radius 2 is 0.644 bits per heavy atom. The van der Waals surface area contributed by atoms with E-state index in [1.807, 2.05) is 38.0 Å². The molecule has 18 atom stereocenters. The number of hydrogen-bond donors (Lipinski definition) is 1. The molecule has 670 valence electrons. The third-order valence-electron chi connectivity index (χ3n) is 22.1. The molecule has 8 bridgehead atoms. The van der Waals surface area contributed by atoms with Crippen molar-refractivity contribution in [3.05, 3.63) is 13.3 Å². The SMILES string of the molecule is CC(C)OC(=O)OCOC(=O)C1C2CCC(O2)C1C(=O)N1CCN(C)CC1.CC(C)OOCOP(=O)(COC(=O)C1C2CCC(O2)C1C(=O)N1CCN(C)CC1)OCOOC(C)C.CCOP(C)(=O)OCOC(=O)C1C2CCC(O2)C1C(=O)N1CCN(C)CC1.CN1CCN(C(=O)C2C3CCC(O3)C2C(=O)OCP(C)(=O)O)CC1.[C-]#[O+].[C-]#[O+]. The fourth-order valence-electron chi connectivity index (χ4n) is 16.3. The first-order chi connectivity index (χ1) is 56.0. The molecular formula is C74H121N8O33P3. The van der Waals surface area contributed by atoms with Crippen LogP contribution >= 0.6 is 22.6 Å². The van der Waals surface area contributed by atoms with Crippen molar-refractivity contribution in [2.75, 3.05) is 193 Å². The van der Waals surface area contributed by atoms with Gasteiger partial charge in [0.2, 0.25) is 44.6 Å². The van der Waals surface area contributed by atoms with Crippen molar-refractivity contribution < 1.29 is 156 Å². The van der Waals surface area contributed by atoms with Crippen molar-refractivity contribution in [3.8, 4) is 0 Å². The molecule has 0 aliphatic carbocycles. The summed E-state index contributed by atoms with van der Waals surface area (Å²) < 4.78 is 126. The summed E-state index contributed by atoms with van der Waals surface area (Å²) in [6.07, 6.45) is 0.531. The van der Waals surface area contributed by atoms with Crippen LogP contribution in [0.3, 0.4) is 0 Å². The Labute approximate surface area is 689 Å². The maximum absolute atomic E-state index is 13.3. The van der Waals surface area contributed by atoms with Crippen molar-refractivity contribution in [3.63, 3.8) is 0 Å². The van der Waals surface area contributed by atoms with E-state index < -0.39 is 146 Å². The summed E-state index contributed by atoms with van der Waals surface area (Å²) in [6.45, 7) is 33.2. The summed E-state index contributed by atoms with van der Waals surface area (Å²) in [5.41, 5.74) is 0. The van der Waals surface area contributed by atoms with Gasteiger partial charge in [-0.1, -0.05) is 0 Å². The predicted molar refractivity (Wildman–Crippen MR) is 406 cm³/mol. The van der Waals surface area contributed by atoms with Crippen molar-refractivity contribution in [2.45, 2.75) is 167 Å². The fourth-order valence-corrected chi connectivity index (χ4v) is 18.4. The number of hydrogen-bond acceptors (Lipinski definition) is 34. The molecular weight excluding hydrogens is 1620 g/mol. The van der Waals surface area contributed by atoms with Crippen molar-refractivity contribution >= 4 is 76.2 Å². The first-order valence-electron chi connectivity index (χ1n) is 40.1. The van der Waals surface area contributed by atoms with E-state index in [4.69, 9.17) is 94.3 Å². The monoisotopic (exact) mass is 1740 g/mol. The van der Waals surface area contributed by atoms with E-state index >= 15 is 0 Å². The first kappa shape index (κ1) is 99.6. The molecule has 12 aliphatic heterocycles. The van der Waals surface area contributed by atoms with Crippen molar-refractivity contribution in [2.24, 2.45) is 47.3 Å². The van der Waals surface area contributed by atoms with Gasteiger partial charge >= 0.3 is 67.8 Å². The molecule has 18 unspecified atom stereocenters. The van der Waals surface area contributed by atoms with Crippen LogP contribution in [0.1, 0.15) is 99.8 Å². The van der Waals surface area contributed by atoms with E-state index in [9.17, 15) is 61.7 Å². The van der Waals surface area contributed by atoms with Crippen molar-refractivity contribution in [1.29, 1.82) is 0 Å². The molecule has 12 rings (SSSR count). The summed E-state index contributed by atoms with van der Waals surface area (Å²) in [6, 6.07) is 0. The van der Waals surface area contributed by atoms with Gasteiger partial charge in [0.1, 0.15) is 0 Å². The van der Waals surface area contributed by atoms with Crippen LogP contribution in [-0.2, 0) is 146 Å². The molecule has 4 amide bonds. The van der Waals surface area contributed by atoms with Crippen LogP contribution in [0, 0.1) is 60.6 Å². The topological polar surface area (TPSA) is 457 Å². The maximum atomic E-state index is 13.3. The van der Waals surface area contributed by atoms with Crippen LogP contribution in [0.4, 0.5) is 4.79 Å². The zero-order valence-corrected chi connectivity index (χ0v) is 72.5. The van der Waals surface area contributed by atoms with Gasteiger partial charge in [0.15, 0.2) is 26.3 Å². The minimum absolute atomic E-state index is 0.0337. The Kier molecular flexibility index (Phi) is 40.0. The zero-order chi connectivity index (χ0) is 86.9. The summed E-state index contributed by atoms with van der Waals surface area (Å²) >= 11 is 0. The van der Waals surface area contributed by atoms with E-state index in [1.165, 1.54) is 6.66 Å². The van der Waals surface area contributed by atoms with E-state index in [0.717, 1.165) is 97.5 Å². The average molecular weight is 1740 g/mol. The first-order valence-corrected chi connectivity index (χ1v) is 46.1. The van der Waals surface area contributed by atoms with Gasteiger partial charge in [-0.15, -0.1) is 0 Å². The van der Waals surface area contributed by atoms with E-state index in [0.29, 0.717) is 65.2 Å².